The van der Waals surface area contributed by atoms with E-state index in [9.17, 15) is 0 Å². The molecule has 0 spiro atoms. The topological polar surface area (TPSA) is 0 Å². The van der Waals surface area contributed by atoms with Crippen molar-refractivity contribution in [2.75, 3.05) is 0 Å². The molecular weight excluding hydrogens is 227 g/mol. The Balaban J connectivity index is 0.000000245. The van der Waals surface area contributed by atoms with Crippen LogP contribution in [0.5, 0.6) is 0 Å². The van der Waals surface area contributed by atoms with Crippen LogP contribution in [0.1, 0.15) is 39.5 Å². The molecule has 1 radical (unpaired) electrons. The fourth-order valence-electron chi connectivity index (χ4n) is 1.39. The van der Waals surface area contributed by atoms with Gasteiger partial charge in [-0.05, 0) is 0 Å². The first-order valence-corrected chi connectivity index (χ1v) is 5.39. The second-order valence-corrected chi connectivity index (χ2v) is 3.32. The van der Waals surface area contributed by atoms with Crippen molar-refractivity contribution < 1.29 is 16.8 Å². The van der Waals surface area contributed by atoms with E-state index >= 15 is 0 Å². The van der Waals surface area contributed by atoms with Crippen LogP contribution in [0.15, 0.2) is 35.5 Å². The molecule has 0 saturated carbocycles. The summed E-state index contributed by atoms with van der Waals surface area (Å²) in [6, 6.07) is 0. The van der Waals surface area contributed by atoms with Crippen molar-refractivity contribution in [3.63, 3.8) is 0 Å². The van der Waals surface area contributed by atoms with Crippen LogP contribution < -0.4 is 0 Å². The third-order valence-electron chi connectivity index (χ3n) is 2.29. The SMILES string of the molecule is CCC1=[C-]CC=C1.CCC1=[C-]CC=C1.[Co+2]. The van der Waals surface area contributed by atoms with E-state index in [1.807, 2.05) is 0 Å². The molecule has 0 atom stereocenters. The van der Waals surface area contributed by atoms with E-state index in [4.69, 9.17) is 0 Å². The first kappa shape index (κ1) is 14.5. The molecule has 0 saturated heterocycles. The minimum atomic E-state index is 0. The van der Waals surface area contributed by atoms with Crippen LogP contribution in [0.25, 0.3) is 0 Å². The van der Waals surface area contributed by atoms with Crippen molar-refractivity contribution >= 4 is 0 Å². The quantitative estimate of drug-likeness (QED) is 0.640. The Bertz CT molecular complexity index is 250. The molecule has 0 unspecified atom stereocenters. The second-order valence-electron chi connectivity index (χ2n) is 3.32. The van der Waals surface area contributed by atoms with Crippen LogP contribution in [0.3, 0.4) is 0 Å². The van der Waals surface area contributed by atoms with Crippen LogP contribution in [0.4, 0.5) is 0 Å². The maximum atomic E-state index is 3.21. The molecule has 0 heterocycles. The fourth-order valence-corrected chi connectivity index (χ4v) is 1.39. The van der Waals surface area contributed by atoms with Gasteiger partial charge in [0, 0.05) is 0 Å². The van der Waals surface area contributed by atoms with Crippen molar-refractivity contribution in [3.8, 4) is 0 Å². The molecular formula is C14H18Co. The molecule has 2 aliphatic rings. The summed E-state index contributed by atoms with van der Waals surface area (Å²) in [5, 5.41) is 0. The predicted octanol–water partition coefficient (Wildman–Crippen LogP) is 4.17. The third-order valence-corrected chi connectivity index (χ3v) is 2.29. The van der Waals surface area contributed by atoms with E-state index in [2.05, 4.69) is 50.3 Å². The monoisotopic (exact) mass is 245 g/mol. The number of allylic oxidation sites excluding steroid dienone is 8. The van der Waals surface area contributed by atoms with Gasteiger partial charge < -0.3 is 0 Å². The van der Waals surface area contributed by atoms with Crippen LogP contribution in [-0.2, 0) is 16.8 Å². The van der Waals surface area contributed by atoms with Crippen molar-refractivity contribution in [2.45, 2.75) is 39.5 Å². The molecule has 0 aromatic carbocycles. The van der Waals surface area contributed by atoms with Gasteiger partial charge in [0.25, 0.3) is 0 Å². The molecule has 0 aliphatic heterocycles. The molecule has 15 heavy (non-hydrogen) atoms. The molecule has 2 aliphatic carbocycles. The zero-order valence-electron chi connectivity index (χ0n) is 9.47. The van der Waals surface area contributed by atoms with Gasteiger partial charge in [-0.3, -0.25) is 12.2 Å². The summed E-state index contributed by atoms with van der Waals surface area (Å²) in [4.78, 5) is 0. The van der Waals surface area contributed by atoms with E-state index in [1.165, 1.54) is 11.1 Å². The first-order valence-electron chi connectivity index (χ1n) is 5.39. The molecule has 0 nitrogen and oxygen atoms in total. The van der Waals surface area contributed by atoms with Crippen LogP contribution in [0.2, 0.25) is 0 Å². The number of hydrogen-bond donors (Lipinski definition) is 0. The standard InChI is InChI=1S/2C7H9.Co/c2*1-2-7-5-3-4-6-7;/h2*3,5H,2,4H2,1H3;/q2*-1;+2. The molecule has 0 fully saturated rings. The van der Waals surface area contributed by atoms with E-state index in [0.717, 1.165) is 25.7 Å². The van der Waals surface area contributed by atoms with Crippen molar-refractivity contribution in [3.05, 3.63) is 47.6 Å². The van der Waals surface area contributed by atoms with E-state index in [1.54, 1.807) is 0 Å². The summed E-state index contributed by atoms with van der Waals surface area (Å²) in [7, 11) is 0. The van der Waals surface area contributed by atoms with Gasteiger partial charge in [-0.1, -0.05) is 26.7 Å². The molecule has 0 bridgehead atoms. The third kappa shape index (κ3) is 5.80. The maximum absolute atomic E-state index is 3.21. The Morgan fingerprint density at radius 1 is 0.933 bits per heavy atom. The van der Waals surface area contributed by atoms with Gasteiger partial charge in [0.05, 0.1) is 0 Å². The largest absolute Gasteiger partial charge is 2.00 e. The van der Waals surface area contributed by atoms with Gasteiger partial charge in [-0.25, -0.2) is 23.3 Å². The van der Waals surface area contributed by atoms with Crippen LogP contribution >= 0.6 is 0 Å². The Morgan fingerprint density at radius 3 is 1.47 bits per heavy atom. The summed E-state index contributed by atoms with van der Waals surface area (Å²) in [5.74, 6) is 0. The van der Waals surface area contributed by atoms with Crippen LogP contribution in [0, 0.1) is 12.2 Å². The minimum Gasteiger partial charge on any atom is -0.270 e. The number of rotatable bonds is 2. The maximum Gasteiger partial charge on any atom is 2.00 e. The Kier molecular flexibility index (Phi) is 8.44. The van der Waals surface area contributed by atoms with E-state index in [0.29, 0.717) is 0 Å². The predicted molar refractivity (Wildman–Crippen MR) is 61.6 cm³/mol. The van der Waals surface area contributed by atoms with Gasteiger partial charge in [0.15, 0.2) is 0 Å². The molecule has 0 amide bonds. The van der Waals surface area contributed by atoms with Crippen molar-refractivity contribution in [1.29, 1.82) is 0 Å². The molecule has 2 rings (SSSR count). The summed E-state index contributed by atoms with van der Waals surface area (Å²) >= 11 is 0. The average molecular weight is 245 g/mol. The average Bonchev–Trinajstić information content (AvgIpc) is 2.92. The molecule has 1 heteroatoms. The van der Waals surface area contributed by atoms with E-state index < -0.39 is 0 Å². The first-order chi connectivity index (χ1) is 6.86. The minimum absolute atomic E-state index is 0. The van der Waals surface area contributed by atoms with Gasteiger partial charge in [0.1, 0.15) is 0 Å². The summed E-state index contributed by atoms with van der Waals surface area (Å²) in [6.45, 7) is 4.30. The van der Waals surface area contributed by atoms with Crippen LogP contribution in [-0.4, -0.2) is 0 Å². The molecule has 0 N–H and O–H groups in total. The van der Waals surface area contributed by atoms with Gasteiger partial charge in [-0.15, -0.1) is 12.8 Å². The smallest absolute Gasteiger partial charge is 0.270 e. The van der Waals surface area contributed by atoms with Gasteiger partial charge in [-0.2, -0.15) is 12.2 Å². The molecule has 0 aromatic heterocycles. The molecule has 0 aromatic rings. The second kappa shape index (κ2) is 8.75. The van der Waals surface area contributed by atoms with E-state index in [-0.39, 0.29) is 16.8 Å². The number of hydrogen-bond acceptors (Lipinski definition) is 0. The normalized spacial score (nSPS) is 16.4. The Labute approximate surface area is 104 Å². The zero-order chi connectivity index (χ0) is 10.2. The molecule has 83 valence electrons. The Hall–Kier alpha value is -0.534. The summed E-state index contributed by atoms with van der Waals surface area (Å²) < 4.78 is 0. The summed E-state index contributed by atoms with van der Waals surface area (Å²) in [6.07, 6.45) is 19.3. The van der Waals surface area contributed by atoms with Gasteiger partial charge >= 0.3 is 16.8 Å². The zero-order valence-corrected chi connectivity index (χ0v) is 10.5. The Morgan fingerprint density at radius 2 is 1.33 bits per heavy atom. The van der Waals surface area contributed by atoms with Crippen molar-refractivity contribution in [2.24, 2.45) is 0 Å². The van der Waals surface area contributed by atoms with Gasteiger partial charge in [0.2, 0.25) is 0 Å². The summed E-state index contributed by atoms with van der Waals surface area (Å²) in [5.41, 5.74) is 2.72. The van der Waals surface area contributed by atoms with Crippen molar-refractivity contribution in [1.82, 2.24) is 0 Å². The fraction of sp³-hybridized carbons (Fsp3) is 0.429.